The largest absolute Gasteiger partial charge is 0.427 e. The van der Waals surface area contributed by atoms with E-state index in [0.717, 1.165) is 24.0 Å². The fraction of sp³-hybridized carbons (Fsp3) is 0.364. The quantitative estimate of drug-likeness (QED) is 0.505. The zero-order valence-corrected chi connectivity index (χ0v) is 15.8. The molecule has 0 saturated heterocycles. The zero-order chi connectivity index (χ0) is 19.1. The molecule has 0 aromatic heterocycles. The molecule has 0 aliphatic rings. The minimum absolute atomic E-state index is 0.267. The molecule has 0 N–H and O–H groups in total. The van der Waals surface area contributed by atoms with Gasteiger partial charge in [-0.05, 0) is 60.1 Å². The van der Waals surface area contributed by atoms with Crippen LogP contribution in [0.15, 0.2) is 48.5 Å². The number of ether oxygens (including phenoxy) is 2. The van der Waals surface area contributed by atoms with Gasteiger partial charge in [-0.2, -0.15) is 0 Å². The molecule has 0 aliphatic heterocycles. The molecule has 2 aromatic rings. The van der Waals surface area contributed by atoms with Gasteiger partial charge >= 0.3 is 11.9 Å². The third kappa shape index (κ3) is 5.19. The van der Waals surface area contributed by atoms with Crippen molar-refractivity contribution in [1.29, 1.82) is 0 Å². The second kappa shape index (κ2) is 9.18. The molecular weight excluding hydrogens is 328 g/mol. The van der Waals surface area contributed by atoms with Crippen LogP contribution in [0.1, 0.15) is 63.5 Å². The van der Waals surface area contributed by atoms with Crippen LogP contribution in [-0.4, -0.2) is 11.9 Å². The molecule has 2 rings (SSSR count). The standard InChI is InChI=1S/C22H26O4/c1-5-21(17-9-7-11-19(13-17)25-15(3)23)22(6-2)18-10-8-12-20(14-18)26-16(4)24/h7-14,21-22H,5-6H2,1-4H3/t21-,22+. The van der Waals surface area contributed by atoms with Crippen molar-refractivity contribution < 1.29 is 19.1 Å². The summed E-state index contributed by atoms with van der Waals surface area (Å²) in [5.41, 5.74) is 2.27. The smallest absolute Gasteiger partial charge is 0.308 e. The number of hydrogen-bond donors (Lipinski definition) is 0. The molecule has 0 radical (unpaired) electrons. The lowest BCUT2D eigenvalue weighted by Crippen LogP contribution is -2.11. The maximum atomic E-state index is 11.2. The Hall–Kier alpha value is -2.62. The van der Waals surface area contributed by atoms with Crippen LogP contribution in [-0.2, 0) is 9.59 Å². The molecule has 0 saturated carbocycles. The first-order valence-electron chi connectivity index (χ1n) is 9.01. The second-order valence-electron chi connectivity index (χ2n) is 6.36. The highest BCUT2D eigenvalue weighted by atomic mass is 16.5. The van der Waals surface area contributed by atoms with Crippen molar-refractivity contribution in [2.24, 2.45) is 0 Å². The maximum absolute atomic E-state index is 11.2. The molecule has 0 spiro atoms. The number of benzene rings is 2. The van der Waals surface area contributed by atoms with Gasteiger partial charge in [0.2, 0.25) is 0 Å². The van der Waals surface area contributed by atoms with E-state index in [9.17, 15) is 9.59 Å². The maximum Gasteiger partial charge on any atom is 0.308 e. The van der Waals surface area contributed by atoms with Gasteiger partial charge in [0.05, 0.1) is 0 Å². The van der Waals surface area contributed by atoms with Crippen LogP contribution in [0.2, 0.25) is 0 Å². The van der Waals surface area contributed by atoms with Gasteiger partial charge in [0.1, 0.15) is 11.5 Å². The number of esters is 2. The Morgan fingerprint density at radius 1 is 0.769 bits per heavy atom. The van der Waals surface area contributed by atoms with E-state index in [4.69, 9.17) is 9.47 Å². The Morgan fingerprint density at radius 2 is 1.15 bits per heavy atom. The second-order valence-corrected chi connectivity index (χ2v) is 6.36. The summed E-state index contributed by atoms with van der Waals surface area (Å²) in [5.74, 6) is 1.02. The van der Waals surface area contributed by atoms with E-state index < -0.39 is 0 Å². The first-order chi connectivity index (χ1) is 12.4. The SMILES string of the molecule is CC[C@H](c1cccc(OC(C)=O)c1)[C@@H](CC)c1cccc(OC(C)=O)c1. The molecule has 0 amide bonds. The van der Waals surface area contributed by atoms with Gasteiger partial charge in [-0.15, -0.1) is 0 Å². The van der Waals surface area contributed by atoms with Crippen molar-refractivity contribution >= 4 is 11.9 Å². The van der Waals surface area contributed by atoms with Crippen molar-refractivity contribution in [2.75, 3.05) is 0 Å². The molecule has 0 bridgehead atoms. The van der Waals surface area contributed by atoms with Gasteiger partial charge in [-0.1, -0.05) is 38.1 Å². The molecule has 26 heavy (non-hydrogen) atoms. The molecule has 4 nitrogen and oxygen atoms in total. The molecule has 2 aromatic carbocycles. The first-order valence-corrected chi connectivity index (χ1v) is 9.01. The monoisotopic (exact) mass is 354 g/mol. The third-order valence-electron chi connectivity index (χ3n) is 4.46. The summed E-state index contributed by atoms with van der Waals surface area (Å²) in [6.07, 6.45) is 1.89. The van der Waals surface area contributed by atoms with E-state index >= 15 is 0 Å². The van der Waals surface area contributed by atoms with Crippen molar-refractivity contribution in [3.8, 4) is 11.5 Å². The number of hydrogen-bond acceptors (Lipinski definition) is 4. The molecule has 4 heteroatoms. The van der Waals surface area contributed by atoms with Crippen LogP contribution in [0, 0.1) is 0 Å². The van der Waals surface area contributed by atoms with E-state index in [0.29, 0.717) is 11.5 Å². The van der Waals surface area contributed by atoms with Crippen molar-refractivity contribution in [2.45, 2.75) is 52.4 Å². The Kier molecular flexibility index (Phi) is 6.96. The van der Waals surface area contributed by atoms with Gasteiger partial charge in [0, 0.05) is 13.8 Å². The fourth-order valence-corrected chi connectivity index (χ4v) is 3.45. The molecule has 0 unspecified atom stereocenters. The van der Waals surface area contributed by atoms with Gasteiger partial charge in [-0.25, -0.2) is 0 Å². The summed E-state index contributed by atoms with van der Waals surface area (Å²) >= 11 is 0. The summed E-state index contributed by atoms with van der Waals surface area (Å²) in [4.78, 5) is 22.5. The molecule has 0 heterocycles. The fourth-order valence-electron chi connectivity index (χ4n) is 3.45. The van der Waals surface area contributed by atoms with Gasteiger partial charge < -0.3 is 9.47 Å². The summed E-state index contributed by atoms with van der Waals surface area (Å²) in [5, 5.41) is 0. The Bertz CT molecular complexity index is 701. The Labute approximate surface area is 155 Å². The highest BCUT2D eigenvalue weighted by Crippen LogP contribution is 2.39. The van der Waals surface area contributed by atoms with E-state index in [1.54, 1.807) is 12.1 Å². The zero-order valence-electron chi connectivity index (χ0n) is 15.8. The number of rotatable bonds is 7. The van der Waals surface area contributed by atoms with Gasteiger partial charge in [0.15, 0.2) is 0 Å². The molecule has 138 valence electrons. The molecule has 0 aliphatic carbocycles. The Balaban J connectivity index is 2.34. The highest BCUT2D eigenvalue weighted by molar-refractivity contribution is 5.69. The van der Waals surface area contributed by atoms with Crippen molar-refractivity contribution in [3.05, 3.63) is 59.7 Å². The molecule has 0 fully saturated rings. The van der Waals surface area contributed by atoms with Crippen LogP contribution >= 0.6 is 0 Å². The predicted octanol–water partition coefficient (Wildman–Crippen LogP) is 5.22. The van der Waals surface area contributed by atoms with Crippen LogP contribution in [0.3, 0.4) is 0 Å². The highest BCUT2D eigenvalue weighted by Gasteiger charge is 2.23. The molecular formula is C22H26O4. The van der Waals surface area contributed by atoms with Crippen LogP contribution in [0.4, 0.5) is 0 Å². The normalized spacial score (nSPS) is 12.9. The van der Waals surface area contributed by atoms with E-state index in [-0.39, 0.29) is 23.8 Å². The third-order valence-corrected chi connectivity index (χ3v) is 4.46. The van der Waals surface area contributed by atoms with E-state index in [1.807, 2.05) is 24.3 Å². The first kappa shape index (κ1) is 19.7. The van der Waals surface area contributed by atoms with Crippen LogP contribution < -0.4 is 9.47 Å². The average Bonchev–Trinajstić information content (AvgIpc) is 2.58. The van der Waals surface area contributed by atoms with Crippen LogP contribution in [0.25, 0.3) is 0 Å². The predicted molar refractivity (Wildman–Crippen MR) is 102 cm³/mol. The lowest BCUT2D eigenvalue weighted by Gasteiger charge is -2.27. The van der Waals surface area contributed by atoms with Crippen molar-refractivity contribution in [1.82, 2.24) is 0 Å². The Morgan fingerprint density at radius 3 is 1.46 bits per heavy atom. The summed E-state index contributed by atoms with van der Waals surface area (Å²) in [7, 11) is 0. The topological polar surface area (TPSA) is 52.6 Å². The molecule has 2 atom stereocenters. The summed E-state index contributed by atoms with van der Waals surface area (Å²) < 4.78 is 10.5. The number of carbonyl (C=O) groups is 2. The lowest BCUT2D eigenvalue weighted by molar-refractivity contribution is -0.132. The van der Waals surface area contributed by atoms with Gasteiger partial charge in [0.25, 0.3) is 0 Å². The summed E-state index contributed by atoms with van der Waals surface area (Å²) in [6.45, 7) is 7.11. The van der Waals surface area contributed by atoms with E-state index in [2.05, 4.69) is 26.0 Å². The number of carbonyl (C=O) groups excluding carboxylic acids is 2. The average molecular weight is 354 g/mol. The van der Waals surface area contributed by atoms with Gasteiger partial charge in [-0.3, -0.25) is 9.59 Å². The van der Waals surface area contributed by atoms with Crippen molar-refractivity contribution in [3.63, 3.8) is 0 Å². The minimum Gasteiger partial charge on any atom is -0.427 e. The minimum atomic E-state index is -0.323. The van der Waals surface area contributed by atoms with E-state index in [1.165, 1.54) is 13.8 Å². The summed E-state index contributed by atoms with van der Waals surface area (Å²) in [6, 6.07) is 15.4. The van der Waals surface area contributed by atoms with Crippen LogP contribution in [0.5, 0.6) is 11.5 Å². The lowest BCUT2D eigenvalue weighted by atomic mass is 9.78.